The van der Waals surface area contributed by atoms with Crippen molar-refractivity contribution < 1.29 is 13.8 Å². The fourth-order valence-electron chi connectivity index (χ4n) is 2.30. The van der Waals surface area contributed by atoms with Gasteiger partial charge < -0.3 is 8.85 Å². The zero-order chi connectivity index (χ0) is 16.5. The summed E-state index contributed by atoms with van der Waals surface area (Å²) in [5, 5.41) is 12.5. The predicted octanol–water partition coefficient (Wildman–Crippen LogP) is 1.74. The molecular weight excluding hydrogens is 310 g/mol. The summed E-state index contributed by atoms with van der Waals surface area (Å²) >= 11 is 0. The summed E-state index contributed by atoms with van der Waals surface area (Å²) in [7, 11) is -3.01. The smallest absolute Gasteiger partial charge is 0.384 e. The summed E-state index contributed by atoms with van der Waals surface area (Å²) in [5.74, 6) is 0. The highest BCUT2D eigenvalue weighted by Crippen LogP contribution is 2.10. The van der Waals surface area contributed by atoms with Gasteiger partial charge in [-0.3, -0.25) is 10.1 Å². The van der Waals surface area contributed by atoms with Crippen LogP contribution in [0.15, 0.2) is 73.3 Å². The standard InChI is InChI=1S/C17H19NO4Si/c1-2-14-21-23(22-15-13-18(19)20,16-9-5-3-6-10-16)17-11-7-4-8-12-17/h2-12H,1,13-15H2. The van der Waals surface area contributed by atoms with Crippen LogP contribution >= 0.6 is 0 Å². The first-order valence-corrected chi connectivity index (χ1v) is 9.12. The van der Waals surface area contributed by atoms with Crippen molar-refractivity contribution >= 4 is 18.9 Å². The Balaban J connectivity index is 2.44. The summed E-state index contributed by atoms with van der Waals surface area (Å²) < 4.78 is 12.2. The van der Waals surface area contributed by atoms with Crippen LogP contribution in [0.4, 0.5) is 0 Å². The fraction of sp³-hybridized carbons (Fsp3) is 0.176. The van der Waals surface area contributed by atoms with E-state index in [-0.39, 0.29) is 18.1 Å². The number of nitrogens with zero attached hydrogens (tertiary/aromatic N) is 1. The van der Waals surface area contributed by atoms with Crippen LogP contribution in [0.1, 0.15) is 0 Å². The largest absolute Gasteiger partial charge is 0.407 e. The van der Waals surface area contributed by atoms with Crippen LogP contribution in [0.25, 0.3) is 0 Å². The zero-order valence-corrected chi connectivity index (χ0v) is 13.8. The van der Waals surface area contributed by atoms with Crippen LogP contribution in [0, 0.1) is 10.1 Å². The molecule has 5 nitrogen and oxygen atoms in total. The Labute approximate surface area is 136 Å². The molecule has 0 aliphatic heterocycles. The number of benzene rings is 2. The summed E-state index contributed by atoms with van der Waals surface area (Å²) in [6, 6.07) is 19.2. The third kappa shape index (κ3) is 4.35. The van der Waals surface area contributed by atoms with Crippen molar-refractivity contribution in [2.45, 2.75) is 0 Å². The van der Waals surface area contributed by atoms with Crippen molar-refractivity contribution in [3.8, 4) is 0 Å². The molecule has 0 saturated heterocycles. The minimum Gasteiger partial charge on any atom is -0.384 e. The predicted molar refractivity (Wildman–Crippen MR) is 91.9 cm³/mol. The van der Waals surface area contributed by atoms with Gasteiger partial charge in [-0.05, 0) is 10.4 Å². The molecule has 120 valence electrons. The minimum atomic E-state index is -3.01. The van der Waals surface area contributed by atoms with E-state index < -0.39 is 8.56 Å². The molecule has 6 heteroatoms. The van der Waals surface area contributed by atoms with Gasteiger partial charge in [-0.25, -0.2) is 0 Å². The van der Waals surface area contributed by atoms with Gasteiger partial charge in [0.15, 0.2) is 0 Å². The van der Waals surface area contributed by atoms with Gasteiger partial charge in [0, 0.05) is 4.92 Å². The highest BCUT2D eigenvalue weighted by molar-refractivity contribution is 6.92. The number of hydrogen-bond donors (Lipinski definition) is 0. The van der Waals surface area contributed by atoms with Crippen molar-refractivity contribution in [3.05, 3.63) is 83.4 Å². The van der Waals surface area contributed by atoms with Crippen molar-refractivity contribution in [1.29, 1.82) is 0 Å². The lowest BCUT2D eigenvalue weighted by Gasteiger charge is -2.30. The molecule has 2 aromatic rings. The van der Waals surface area contributed by atoms with Gasteiger partial charge in [0.25, 0.3) is 0 Å². The Morgan fingerprint density at radius 2 is 1.52 bits per heavy atom. The Morgan fingerprint density at radius 1 is 1.00 bits per heavy atom. The van der Waals surface area contributed by atoms with Crippen LogP contribution in [0.5, 0.6) is 0 Å². The lowest BCUT2D eigenvalue weighted by atomic mass is 10.4. The van der Waals surface area contributed by atoms with Crippen LogP contribution in [-0.4, -0.2) is 33.2 Å². The van der Waals surface area contributed by atoms with Gasteiger partial charge in [0.05, 0.1) is 6.61 Å². The van der Waals surface area contributed by atoms with E-state index in [2.05, 4.69) is 6.58 Å². The van der Waals surface area contributed by atoms with E-state index in [1.165, 1.54) is 0 Å². The quantitative estimate of drug-likeness (QED) is 0.304. The summed E-state index contributed by atoms with van der Waals surface area (Å²) in [5.41, 5.74) is 0. The van der Waals surface area contributed by atoms with Crippen LogP contribution in [0.3, 0.4) is 0 Å². The normalized spacial score (nSPS) is 11.1. The highest BCUT2D eigenvalue weighted by atomic mass is 28.4. The number of nitro groups is 1. The second kappa shape index (κ2) is 8.38. The van der Waals surface area contributed by atoms with Gasteiger partial charge in [0.2, 0.25) is 6.54 Å². The third-order valence-corrected chi connectivity index (χ3v) is 6.66. The van der Waals surface area contributed by atoms with Crippen LogP contribution in [-0.2, 0) is 8.85 Å². The fourth-order valence-corrected chi connectivity index (χ4v) is 5.37. The van der Waals surface area contributed by atoms with E-state index in [1.54, 1.807) is 6.08 Å². The van der Waals surface area contributed by atoms with E-state index in [9.17, 15) is 10.1 Å². The molecular formula is C17H19NO4Si. The molecule has 0 aromatic heterocycles. The zero-order valence-electron chi connectivity index (χ0n) is 12.8. The van der Waals surface area contributed by atoms with Gasteiger partial charge in [-0.1, -0.05) is 66.7 Å². The first-order valence-electron chi connectivity index (χ1n) is 7.30. The maximum Gasteiger partial charge on any atom is 0.407 e. The Morgan fingerprint density at radius 3 is 1.96 bits per heavy atom. The van der Waals surface area contributed by atoms with Gasteiger partial charge in [0.1, 0.15) is 6.61 Å². The lowest BCUT2D eigenvalue weighted by molar-refractivity contribution is -0.482. The molecule has 0 atom stereocenters. The molecule has 0 N–H and O–H groups in total. The summed E-state index contributed by atoms with van der Waals surface area (Å²) in [6.45, 7) is 3.75. The summed E-state index contributed by atoms with van der Waals surface area (Å²) in [4.78, 5) is 10.3. The highest BCUT2D eigenvalue weighted by Gasteiger charge is 2.42. The molecule has 2 rings (SSSR count). The summed E-state index contributed by atoms with van der Waals surface area (Å²) in [6.07, 6.45) is 1.66. The average molecular weight is 329 g/mol. The van der Waals surface area contributed by atoms with E-state index in [0.29, 0.717) is 6.61 Å². The maximum absolute atomic E-state index is 10.7. The van der Waals surface area contributed by atoms with E-state index in [0.717, 1.165) is 10.4 Å². The van der Waals surface area contributed by atoms with Crippen molar-refractivity contribution in [2.24, 2.45) is 0 Å². The third-order valence-electron chi connectivity index (χ3n) is 3.29. The molecule has 0 heterocycles. The van der Waals surface area contributed by atoms with Crippen molar-refractivity contribution in [3.63, 3.8) is 0 Å². The SMILES string of the molecule is C=CCO[Si](OCC[N+](=O)[O-])(c1ccccc1)c1ccccc1. The van der Waals surface area contributed by atoms with Crippen LogP contribution in [0.2, 0.25) is 0 Å². The Bertz CT molecular complexity index is 594. The van der Waals surface area contributed by atoms with Crippen molar-refractivity contribution in [2.75, 3.05) is 19.8 Å². The molecule has 0 aliphatic carbocycles. The topological polar surface area (TPSA) is 61.6 Å². The van der Waals surface area contributed by atoms with Crippen LogP contribution < -0.4 is 10.4 Å². The van der Waals surface area contributed by atoms with Gasteiger partial charge in [-0.15, -0.1) is 6.58 Å². The van der Waals surface area contributed by atoms with Crippen molar-refractivity contribution in [1.82, 2.24) is 0 Å². The Hall–Kier alpha value is -2.28. The number of rotatable bonds is 9. The second-order valence-electron chi connectivity index (χ2n) is 4.85. The molecule has 0 bridgehead atoms. The molecule has 0 saturated carbocycles. The molecule has 0 radical (unpaired) electrons. The monoisotopic (exact) mass is 329 g/mol. The van der Waals surface area contributed by atoms with E-state index in [1.807, 2.05) is 60.7 Å². The first-order chi connectivity index (χ1) is 11.2. The first kappa shape index (κ1) is 17.1. The molecule has 0 amide bonds. The lowest BCUT2D eigenvalue weighted by Crippen LogP contribution is -2.63. The Kier molecular flexibility index (Phi) is 6.22. The minimum absolute atomic E-state index is 0.000152. The molecule has 23 heavy (non-hydrogen) atoms. The van der Waals surface area contributed by atoms with E-state index in [4.69, 9.17) is 8.85 Å². The molecule has 0 unspecified atom stereocenters. The molecule has 0 spiro atoms. The van der Waals surface area contributed by atoms with E-state index >= 15 is 0 Å². The van der Waals surface area contributed by atoms with Gasteiger partial charge in [-0.2, -0.15) is 0 Å². The van der Waals surface area contributed by atoms with Gasteiger partial charge >= 0.3 is 8.56 Å². The second-order valence-corrected chi connectivity index (χ2v) is 7.82. The maximum atomic E-state index is 10.7. The molecule has 2 aromatic carbocycles. The number of hydrogen-bond acceptors (Lipinski definition) is 4. The average Bonchev–Trinajstić information content (AvgIpc) is 2.59. The molecule has 0 fully saturated rings. The molecule has 0 aliphatic rings.